The zero-order valence-corrected chi connectivity index (χ0v) is 30.6. The van der Waals surface area contributed by atoms with E-state index in [1.54, 1.807) is 25.8 Å². The predicted octanol–water partition coefficient (Wildman–Crippen LogP) is 9.40. The predicted molar refractivity (Wildman–Crippen MR) is 205 cm³/mol. The lowest BCUT2D eigenvalue weighted by Gasteiger charge is -2.42. The van der Waals surface area contributed by atoms with E-state index in [9.17, 15) is 4.79 Å². The van der Waals surface area contributed by atoms with Crippen LogP contribution >= 0.6 is 0 Å². The van der Waals surface area contributed by atoms with E-state index in [0.29, 0.717) is 46.1 Å². The minimum absolute atomic E-state index is 0.182. The Kier molecular flexibility index (Phi) is 14.2. The molecule has 1 unspecified atom stereocenters. The maximum Gasteiger partial charge on any atom is 0.528 e. The molecule has 0 bridgehead atoms. The molecule has 0 radical (unpaired) electrons. The van der Waals surface area contributed by atoms with Gasteiger partial charge < -0.3 is 28.5 Å². The van der Waals surface area contributed by atoms with Gasteiger partial charge >= 0.3 is 6.16 Å². The molecule has 0 aliphatic carbocycles. The third-order valence-electron chi connectivity index (χ3n) is 8.60. The van der Waals surface area contributed by atoms with Crippen molar-refractivity contribution < 1.29 is 33.3 Å². The first-order valence-corrected chi connectivity index (χ1v) is 17.9. The van der Waals surface area contributed by atoms with Gasteiger partial charge in [-0.1, -0.05) is 116 Å². The molecule has 0 N–H and O–H groups in total. The van der Waals surface area contributed by atoms with Crippen LogP contribution in [0.25, 0.3) is 12.2 Å². The highest BCUT2D eigenvalue weighted by Crippen LogP contribution is 2.35. The molecule has 1 heterocycles. The molecule has 1 aliphatic rings. The fraction of sp³-hybridized carbons (Fsp3) is 0.341. The van der Waals surface area contributed by atoms with E-state index >= 15 is 0 Å². The molecule has 8 nitrogen and oxygen atoms in total. The van der Waals surface area contributed by atoms with Gasteiger partial charge in [-0.05, 0) is 66.3 Å². The summed E-state index contributed by atoms with van der Waals surface area (Å²) in [5.74, 6) is 0.593. The van der Waals surface area contributed by atoms with E-state index in [0.717, 1.165) is 45.6 Å². The molecule has 3 atom stereocenters. The van der Waals surface area contributed by atoms with Gasteiger partial charge in [-0.3, -0.25) is 0 Å². The molecule has 1 aliphatic heterocycles. The van der Waals surface area contributed by atoms with Crippen LogP contribution in [0.5, 0.6) is 5.75 Å². The van der Waals surface area contributed by atoms with E-state index in [2.05, 4.69) is 37.4 Å². The Morgan fingerprint density at radius 2 is 1.25 bits per heavy atom. The lowest BCUT2D eigenvalue weighted by atomic mass is 9.85. The van der Waals surface area contributed by atoms with E-state index in [4.69, 9.17) is 28.5 Å². The van der Waals surface area contributed by atoms with Gasteiger partial charge in [0, 0.05) is 12.3 Å². The molecule has 1 fully saturated rings. The summed E-state index contributed by atoms with van der Waals surface area (Å²) < 4.78 is 30.7. The first-order chi connectivity index (χ1) is 25.2. The molecule has 4 aromatic carbocycles. The Morgan fingerprint density at radius 3 is 1.77 bits per heavy atom. The highest BCUT2D eigenvalue weighted by molar-refractivity contribution is 5.60. The molecule has 8 heteroatoms. The van der Waals surface area contributed by atoms with Gasteiger partial charge in [0.2, 0.25) is 0 Å². The number of piperidine rings is 1. The van der Waals surface area contributed by atoms with Crippen LogP contribution in [-0.2, 0) is 43.6 Å². The Balaban J connectivity index is 1.31. The standard InChI is InChI=1S/C44H51NO7/c1-6-33-14-18-36(19-15-33)31-49-40-28-45(52-43(46)51-44(3,4)5)29-41(50-32-37-20-16-34(7-2)17-21-37)42(40)38-22-24-39(25-23-38)48-27-11-26-47-30-35-12-9-8-10-13-35/h6-10,12-25,40-42H,1-2,11,26-32H2,3-5H3/t40-,41+,42?. The Bertz CT molecular complexity index is 1620. The summed E-state index contributed by atoms with van der Waals surface area (Å²) in [5.41, 5.74) is 5.60. The molecule has 0 aromatic heterocycles. The molecular formula is C44H51NO7. The Morgan fingerprint density at radius 1 is 0.712 bits per heavy atom. The summed E-state index contributed by atoms with van der Waals surface area (Å²) in [6.45, 7) is 16.2. The Hall–Kier alpha value is -4.73. The molecule has 1 saturated heterocycles. The normalized spacial score (nSPS) is 17.6. The minimum Gasteiger partial charge on any atom is -0.494 e. The monoisotopic (exact) mass is 705 g/mol. The van der Waals surface area contributed by atoms with E-state index in [1.807, 2.05) is 91.0 Å². The van der Waals surface area contributed by atoms with Crippen molar-refractivity contribution in [3.8, 4) is 5.75 Å². The van der Waals surface area contributed by atoms with Crippen molar-refractivity contribution in [1.82, 2.24) is 5.06 Å². The smallest absolute Gasteiger partial charge is 0.494 e. The summed E-state index contributed by atoms with van der Waals surface area (Å²) >= 11 is 0. The summed E-state index contributed by atoms with van der Waals surface area (Å²) in [4.78, 5) is 18.6. The summed E-state index contributed by atoms with van der Waals surface area (Å²) in [5, 5.41) is 1.60. The molecule has 4 aromatic rings. The van der Waals surface area contributed by atoms with E-state index in [-0.39, 0.29) is 5.92 Å². The third-order valence-corrected chi connectivity index (χ3v) is 8.60. The van der Waals surface area contributed by atoms with E-state index < -0.39 is 24.0 Å². The van der Waals surface area contributed by atoms with Crippen LogP contribution in [0.15, 0.2) is 116 Å². The van der Waals surface area contributed by atoms with Crippen molar-refractivity contribution in [1.29, 1.82) is 0 Å². The topological polar surface area (TPSA) is 75.7 Å². The zero-order valence-electron chi connectivity index (χ0n) is 30.6. The maximum atomic E-state index is 12.8. The minimum atomic E-state index is -0.768. The number of nitrogens with zero attached hydrogens (tertiary/aromatic N) is 1. The van der Waals surface area contributed by atoms with Crippen molar-refractivity contribution in [3.05, 3.63) is 150 Å². The average molecular weight is 706 g/mol. The third kappa shape index (κ3) is 12.2. The summed E-state index contributed by atoms with van der Waals surface area (Å²) in [6, 6.07) is 34.4. The number of hydrogen-bond donors (Lipinski definition) is 0. The highest BCUT2D eigenvalue weighted by Gasteiger charge is 2.41. The first kappa shape index (κ1) is 38.5. The largest absolute Gasteiger partial charge is 0.528 e. The van der Waals surface area contributed by atoms with Crippen LogP contribution in [0.3, 0.4) is 0 Å². The summed E-state index contributed by atoms with van der Waals surface area (Å²) in [7, 11) is 0. The van der Waals surface area contributed by atoms with Crippen LogP contribution in [0.2, 0.25) is 0 Å². The van der Waals surface area contributed by atoms with E-state index in [1.165, 1.54) is 0 Å². The first-order valence-electron chi connectivity index (χ1n) is 17.9. The number of benzene rings is 4. The number of rotatable bonds is 17. The van der Waals surface area contributed by atoms with Gasteiger partial charge in [-0.2, -0.15) is 0 Å². The number of hydrogen-bond acceptors (Lipinski definition) is 8. The number of carbonyl (C=O) groups excluding carboxylic acids is 1. The number of carbonyl (C=O) groups is 1. The van der Waals surface area contributed by atoms with Crippen molar-refractivity contribution in [3.63, 3.8) is 0 Å². The lowest BCUT2D eigenvalue weighted by molar-refractivity contribution is -0.209. The lowest BCUT2D eigenvalue weighted by Crippen LogP contribution is -2.53. The molecule has 0 amide bonds. The second-order valence-electron chi connectivity index (χ2n) is 13.8. The average Bonchev–Trinajstić information content (AvgIpc) is 3.14. The van der Waals surface area contributed by atoms with Crippen LogP contribution < -0.4 is 4.74 Å². The van der Waals surface area contributed by atoms with Crippen LogP contribution in [-0.4, -0.2) is 55.3 Å². The van der Waals surface area contributed by atoms with Gasteiger partial charge in [0.15, 0.2) is 0 Å². The zero-order chi connectivity index (χ0) is 36.8. The van der Waals surface area contributed by atoms with Crippen LogP contribution in [0.4, 0.5) is 4.79 Å². The van der Waals surface area contributed by atoms with Crippen molar-refractivity contribution >= 4 is 18.3 Å². The molecular weight excluding hydrogens is 654 g/mol. The SMILES string of the molecule is C=Cc1ccc(CO[C@H]2CN(OC(=O)OC(C)(C)C)C[C@@H](OCc3ccc(C=C)cc3)C2c2ccc(OCCCOCc3ccccc3)cc2)cc1. The fourth-order valence-corrected chi connectivity index (χ4v) is 5.94. The van der Waals surface area contributed by atoms with Gasteiger partial charge in [0.25, 0.3) is 0 Å². The van der Waals surface area contributed by atoms with Gasteiger partial charge in [0.05, 0.1) is 58.3 Å². The highest BCUT2D eigenvalue weighted by atomic mass is 16.8. The molecule has 0 spiro atoms. The number of hydroxylamine groups is 2. The molecule has 274 valence electrons. The van der Waals surface area contributed by atoms with Gasteiger partial charge in [-0.25, -0.2) is 4.79 Å². The number of ether oxygens (including phenoxy) is 5. The second kappa shape index (κ2) is 19.2. The van der Waals surface area contributed by atoms with Crippen molar-refractivity contribution in [2.24, 2.45) is 0 Å². The molecule has 5 rings (SSSR count). The molecule has 0 saturated carbocycles. The van der Waals surface area contributed by atoms with Gasteiger partial charge in [0.1, 0.15) is 11.4 Å². The maximum absolute atomic E-state index is 12.8. The Labute approximate surface area is 308 Å². The van der Waals surface area contributed by atoms with Crippen LogP contribution in [0, 0.1) is 0 Å². The van der Waals surface area contributed by atoms with Crippen LogP contribution in [0.1, 0.15) is 66.5 Å². The summed E-state index contributed by atoms with van der Waals surface area (Å²) in [6.07, 6.45) is 2.85. The van der Waals surface area contributed by atoms with Gasteiger partial charge in [-0.15, -0.1) is 5.06 Å². The van der Waals surface area contributed by atoms with Crippen molar-refractivity contribution in [2.75, 3.05) is 26.3 Å². The fourth-order valence-electron chi connectivity index (χ4n) is 5.94. The van der Waals surface area contributed by atoms with Crippen molar-refractivity contribution in [2.45, 2.75) is 70.7 Å². The second-order valence-corrected chi connectivity index (χ2v) is 13.8. The quantitative estimate of drug-likeness (QED) is 0.0795. The molecule has 52 heavy (non-hydrogen) atoms.